The zero-order chi connectivity index (χ0) is 23.2. The third-order valence-electron chi connectivity index (χ3n) is 7.33. The van der Waals surface area contributed by atoms with Crippen LogP contribution in [0.25, 0.3) is 0 Å². The maximum atomic E-state index is 13.3. The molecule has 33 heavy (non-hydrogen) atoms. The smallest absolute Gasteiger partial charge is 0.257 e. The molecule has 3 aliphatic heterocycles. The largest absolute Gasteiger partial charge is 0.352 e. The number of nitrogens with one attached hydrogen (secondary N) is 1. The molecule has 4 amide bonds. The minimum absolute atomic E-state index is 0.00298. The Bertz CT molecular complexity index is 985. The summed E-state index contributed by atoms with van der Waals surface area (Å²) in [7, 11) is 0. The van der Waals surface area contributed by atoms with E-state index in [0.29, 0.717) is 62.9 Å². The first-order chi connectivity index (χ1) is 15.9. The molecule has 3 fully saturated rings. The van der Waals surface area contributed by atoms with Gasteiger partial charge in [0.2, 0.25) is 17.7 Å². The maximum Gasteiger partial charge on any atom is 0.257 e. The van der Waals surface area contributed by atoms with Crippen LogP contribution >= 0.6 is 0 Å². The number of carbonyl (C=O) groups is 4. The molecule has 4 aliphatic rings. The molecule has 5 rings (SSSR count). The topological polar surface area (TPSA) is 93.3 Å². The predicted octanol–water partition coefficient (Wildman–Crippen LogP) is 0.798. The van der Waals surface area contributed by atoms with Gasteiger partial charge in [0.15, 0.2) is 0 Å². The lowest BCUT2D eigenvalue weighted by Gasteiger charge is -2.48. The number of anilines is 1. The summed E-state index contributed by atoms with van der Waals surface area (Å²) in [5.41, 5.74) is 0.434. The lowest BCUT2D eigenvalue weighted by Crippen LogP contribution is -2.62. The first-order valence-electron chi connectivity index (χ1n) is 11.9. The lowest BCUT2D eigenvalue weighted by molar-refractivity contribution is -0.133. The van der Waals surface area contributed by atoms with Crippen LogP contribution in [-0.2, 0) is 14.4 Å². The summed E-state index contributed by atoms with van der Waals surface area (Å²) >= 11 is 0. The van der Waals surface area contributed by atoms with E-state index in [1.807, 2.05) is 24.0 Å². The highest BCUT2D eigenvalue weighted by atomic mass is 16.2. The molecule has 3 heterocycles. The first kappa shape index (κ1) is 21.9. The number of piperazine rings is 1. The van der Waals surface area contributed by atoms with Gasteiger partial charge < -0.3 is 15.1 Å². The van der Waals surface area contributed by atoms with E-state index in [1.165, 1.54) is 0 Å². The van der Waals surface area contributed by atoms with Gasteiger partial charge in [0.25, 0.3) is 5.91 Å². The van der Waals surface area contributed by atoms with Crippen LogP contribution in [0, 0.1) is 0 Å². The van der Waals surface area contributed by atoms with E-state index in [4.69, 9.17) is 0 Å². The number of amides is 4. The third kappa shape index (κ3) is 4.10. The van der Waals surface area contributed by atoms with E-state index >= 15 is 0 Å². The van der Waals surface area contributed by atoms with Gasteiger partial charge >= 0.3 is 0 Å². The van der Waals surface area contributed by atoms with Crippen LogP contribution in [0.5, 0.6) is 0 Å². The minimum atomic E-state index is -0.740. The van der Waals surface area contributed by atoms with Crippen molar-refractivity contribution in [3.05, 3.63) is 29.8 Å². The minimum Gasteiger partial charge on any atom is -0.352 e. The Kier molecular flexibility index (Phi) is 5.60. The molecule has 0 aromatic heterocycles. The van der Waals surface area contributed by atoms with Crippen LogP contribution in [0.4, 0.5) is 5.69 Å². The van der Waals surface area contributed by atoms with Crippen molar-refractivity contribution in [2.75, 3.05) is 44.2 Å². The standard InChI is InChI=1S/C24H31N5O4/c1-24-10-8-22(32)29(24)19-5-3-2-4-18(19)23(33)28(24)11-9-21(31)27-14-12-26(13-15-27)16-20(30)25-17-6-7-17/h2-5,17H,6-16H2,1H3,(H,25,30). The Morgan fingerprint density at radius 1 is 1.09 bits per heavy atom. The van der Waals surface area contributed by atoms with Crippen molar-refractivity contribution < 1.29 is 19.2 Å². The summed E-state index contributed by atoms with van der Waals surface area (Å²) in [4.78, 5) is 58.3. The summed E-state index contributed by atoms with van der Waals surface area (Å²) in [6, 6.07) is 7.57. The number of benzene rings is 1. The van der Waals surface area contributed by atoms with Gasteiger partial charge in [-0.3, -0.25) is 29.0 Å². The molecule has 1 aliphatic carbocycles. The Labute approximate surface area is 193 Å². The number of para-hydroxylation sites is 1. The molecular formula is C24H31N5O4. The molecule has 1 atom stereocenters. The first-order valence-corrected chi connectivity index (χ1v) is 11.9. The Balaban J connectivity index is 1.19. The van der Waals surface area contributed by atoms with E-state index < -0.39 is 5.66 Å². The summed E-state index contributed by atoms with van der Waals surface area (Å²) in [6.45, 7) is 5.06. The van der Waals surface area contributed by atoms with E-state index in [-0.39, 0.29) is 36.6 Å². The van der Waals surface area contributed by atoms with Gasteiger partial charge in [0.1, 0.15) is 5.66 Å². The van der Waals surface area contributed by atoms with Crippen LogP contribution in [0.1, 0.15) is 49.4 Å². The van der Waals surface area contributed by atoms with Crippen LogP contribution in [0.2, 0.25) is 0 Å². The maximum absolute atomic E-state index is 13.3. The van der Waals surface area contributed by atoms with E-state index in [1.54, 1.807) is 21.9 Å². The highest BCUT2D eigenvalue weighted by Crippen LogP contribution is 2.44. The van der Waals surface area contributed by atoms with E-state index in [9.17, 15) is 19.2 Å². The van der Waals surface area contributed by atoms with Gasteiger partial charge in [-0.1, -0.05) is 12.1 Å². The molecule has 0 spiro atoms. The van der Waals surface area contributed by atoms with Crippen molar-refractivity contribution in [1.82, 2.24) is 20.0 Å². The van der Waals surface area contributed by atoms with Crippen molar-refractivity contribution in [2.45, 2.75) is 50.7 Å². The van der Waals surface area contributed by atoms with Crippen LogP contribution in [0.3, 0.4) is 0 Å². The number of fused-ring (bicyclic) bond motifs is 3. The van der Waals surface area contributed by atoms with E-state index in [0.717, 1.165) is 12.8 Å². The number of hydrogen-bond donors (Lipinski definition) is 1. The summed E-state index contributed by atoms with van der Waals surface area (Å²) in [5, 5.41) is 3.00. The van der Waals surface area contributed by atoms with Gasteiger partial charge in [-0.25, -0.2) is 0 Å². The predicted molar refractivity (Wildman–Crippen MR) is 121 cm³/mol. The molecule has 1 saturated carbocycles. The molecule has 1 aromatic carbocycles. The fraction of sp³-hybridized carbons (Fsp3) is 0.583. The van der Waals surface area contributed by atoms with Gasteiger partial charge in [0, 0.05) is 51.6 Å². The zero-order valence-corrected chi connectivity index (χ0v) is 19.1. The average molecular weight is 454 g/mol. The molecule has 1 aromatic rings. The third-order valence-corrected chi connectivity index (χ3v) is 7.33. The average Bonchev–Trinajstić information content (AvgIpc) is 3.56. The van der Waals surface area contributed by atoms with Crippen LogP contribution in [-0.4, -0.2) is 89.3 Å². The van der Waals surface area contributed by atoms with Crippen molar-refractivity contribution >= 4 is 29.3 Å². The monoisotopic (exact) mass is 453 g/mol. The lowest BCUT2D eigenvalue weighted by atomic mass is 9.98. The molecule has 0 radical (unpaired) electrons. The van der Waals surface area contributed by atoms with Crippen molar-refractivity contribution in [3.63, 3.8) is 0 Å². The fourth-order valence-electron chi connectivity index (χ4n) is 5.27. The van der Waals surface area contributed by atoms with Crippen molar-refractivity contribution in [1.29, 1.82) is 0 Å². The molecule has 9 heteroatoms. The van der Waals surface area contributed by atoms with Gasteiger partial charge in [-0.15, -0.1) is 0 Å². The molecule has 176 valence electrons. The zero-order valence-electron chi connectivity index (χ0n) is 19.1. The van der Waals surface area contributed by atoms with E-state index in [2.05, 4.69) is 10.2 Å². The Morgan fingerprint density at radius 2 is 1.82 bits per heavy atom. The second kappa shape index (κ2) is 8.44. The molecule has 9 nitrogen and oxygen atoms in total. The summed E-state index contributed by atoms with van der Waals surface area (Å²) in [6.07, 6.45) is 3.31. The number of nitrogens with zero attached hydrogens (tertiary/aromatic N) is 4. The van der Waals surface area contributed by atoms with Gasteiger partial charge in [-0.2, -0.15) is 0 Å². The molecule has 2 saturated heterocycles. The van der Waals surface area contributed by atoms with Crippen molar-refractivity contribution in [3.8, 4) is 0 Å². The van der Waals surface area contributed by atoms with Crippen LogP contribution in [0.15, 0.2) is 24.3 Å². The molecule has 0 bridgehead atoms. The molecular weight excluding hydrogens is 422 g/mol. The highest BCUT2D eigenvalue weighted by molar-refractivity contribution is 6.10. The Hall–Kier alpha value is -2.94. The fourth-order valence-corrected chi connectivity index (χ4v) is 5.27. The number of rotatable bonds is 6. The quantitative estimate of drug-likeness (QED) is 0.688. The SMILES string of the molecule is CC12CCC(=O)N1c1ccccc1C(=O)N2CCC(=O)N1CCN(CC(=O)NC2CC2)CC1. The number of carbonyl (C=O) groups excluding carboxylic acids is 4. The highest BCUT2D eigenvalue weighted by Gasteiger charge is 2.52. The second-order valence-corrected chi connectivity index (χ2v) is 9.67. The summed E-state index contributed by atoms with van der Waals surface area (Å²) < 4.78 is 0. The van der Waals surface area contributed by atoms with Crippen molar-refractivity contribution in [2.24, 2.45) is 0 Å². The molecule has 1 unspecified atom stereocenters. The second-order valence-electron chi connectivity index (χ2n) is 9.67. The Morgan fingerprint density at radius 3 is 2.55 bits per heavy atom. The van der Waals surface area contributed by atoms with Crippen LogP contribution < -0.4 is 10.2 Å². The summed E-state index contributed by atoms with van der Waals surface area (Å²) in [5.74, 6) is -0.0535. The molecule has 1 N–H and O–H groups in total. The van der Waals surface area contributed by atoms with Gasteiger partial charge in [0.05, 0.1) is 17.8 Å². The van der Waals surface area contributed by atoms with Gasteiger partial charge in [-0.05, 0) is 38.3 Å². The number of hydrogen-bond acceptors (Lipinski definition) is 5. The normalized spacial score (nSPS) is 25.2.